The average Bonchev–Trinajstić information content (AvgIpc) is 2.10. The van der Waals surface area contributed by atoms with Crippen LogP contribution in [-0.2, 0) is 14.4 Å². The molecule has 0 radical (unpaired) electrons. The molecule has 0 saturated heterocycles. The van der Waals surface area contributed by atoms with Crippen molar-refractivity contribution in [3.63, 3.8) is 0 Å². The summed E-state index contributed by atoms with van der Waals surface area (Å²) in [6.07, 6.45) is 1.71. The minimum absolute atomic E-state index is 0.312. The molecule has 0 fully saturated rings. The molecule has 0 rings (SSSR count). The lowest BCUT2D eigenvalue weighted by Crippen LogP contribution is -2.15. The molecule has 0 amide bonds. The average molecular weight is 173 g/mol. The first kappa shape index (κ1) is 11.1. The number of ether oxygens (including phenoxy) is 1. The van der Waals surface area contributed by atoms with E-state index in [0.29, 0.717) is 18.7 Å². The number of carbonyl (C=O) groups excluding carboxylic acids is 1. The van der Waals surface area contributed by atoms with Gasteiger partial charge in [0.1, 0.15) is 0 Å². The predicted octanol–water partition coefficient (Wildman–Crippen LogP) is 0.647. The Morgan fingerprint density at radius 1 is 1.58 bits per heavy atom. The highest BCUT2D eigenvalue weighted by molar-refractivity contribution is 5.87. The summed E-state index contributed by atoms with van der Waals surface area (Å²) in [5.74, 6) is -0.312. The predicted molar refractivity (Wildman–Crippen MR) is 45.4 cm³/mol. The third-order valence-corrected chi connectivity index (χ3v) is 1.25. The van der Waals surface area contributed by atoms with Crippen LogP contribution in [0.1, 0.15) is 13.8 Å². The number of carbonyl (C=O) groups is 1. The van der Waals surface area contributed by atoms with Crippen LogP contribution in [0, 0.1) is 0 Å². The van der Waals surface area contributed by atoms with Gasteiger partial charge in [0, 0.05) is 12.1 Å². The smallest absolute Gasteiger partial charge is 0.333 e. The van der Waals surface area contributed by atoms with Crippen molar-refractivity contribution < 1.29 is 14.4 Å². The fourth-order valence-electron chi connectivity index (χ4n) is 0.600. The zero-order chi connectivity index (χ0) is 9.40. The van der Waals surface area contributed by atoms with Gasteiger partial charge in [0.05, 0.1) is 13.7 Å². The summed E-state index contributed by atoms with van der Waals surface area (Å²) < 4.78 is 4.49. The zero-order valence-corrected chi connectivity index (χ0v) is 7.72. The van der Waals surface area contributed by atoms with Crippen molar-refractivity contribution in [1.29, 1.82) is 0 Å². The van der Waals surface area contributed by atoms with Crippen LogP contribution in [0.25, 0.3) is 0 Å². The van der Waals surface area contributed by atoms with Crippen molar-refractivity contribution in [3.8, 4) is 0 Å². The molecular weight excluding hydrogens is 158 g/mol. The highest BCUT2D eigenvalue weighted by Gasteiger charge is 2.00. The third-order valence-electron chi connectivity index (χ3n) is 1.25. The van der Waals surface area contributed by atoms with Gasteiger partial charge in [0.25, 0.3) is 0 Å². The van der Waals surface area contributed by atoms with E-state index in [2.05, 4.69) is 10.2 Å². The van der Waals surface area contributed by atoms with E-state index in [1.54, 1.807) is 13.0 Å². The van der Waals surface area contributed by atoms with Crippen LogP contribution in [0.3, 0.4) is 0 Å². The minimum atomic E-state index is -0.312. The second-order valence-electron chi connectivity index (χ2n) is 2.16. The van der Waals surface area contributed by atoms with E-state index in [4.69, 9.17) is 4.84 Å². The molecule has 12 heavy (non-hydrogen) atoms. The SMILES string of the molecule is CCONC/C=C(/C)C(=O)OC. The number of hydrogen-bond acceptors (Lipinski definition) is 4. The molecule has 0 aliphatic carbocycles. The molecule has 0 spiro atoms. The van der Waals surface area contributed by atoms with Gasteiger partial charge in [0.2, 0.25) is 0 Å². The first-order chi connectivity index (χ1) is 5.72. The van der Waals surface area contributed by atoms with Crippen LogP contribution in [0.15, 0.2) is 11.6 Å². The normalized spacial score (nSPS) is 11.4. The summed E-state index contributed by atoms with van der Waals surface area (Å²) in [4.78, 5) is 15.7. The molecular formula is C8H15NO3. The van der Waals surface area contributed by atoms with Crippen LogP contribution in [-0.4, -0.2) is 26.2 Å². The number of esters is 1. The monoisotopic (exact) mass is 173 g/mol. The second-order valence-corrected chi connectivity index (χ2v) is 2.16. The van der Waals surface area contributed by atoms with Gasteiger partial charge < -0.3 is 9.57 Å². The molecule has 0 aliphatic heterocycles. The van der Waals surface area contributed by atoms with Crippen molar-refractivity contribution in [3.05, 3.63) is 11.6 Å². The molecule has 0 aromatic carbocycles. The Labute approximate surface area is 72.5 Å². The molecule has 0 bridgehead atoms. The van der Waals surface area contributed by atoms with Crippen molar-refractivity contribution in [2.24, 2.45) is 0 Å². The first-order valence-corrected chi connectivity index (χ1v) is 3.82. The molecule has 70 valence electrons. The summed E-state index contributed by atoms with van der Waals surface area (Å²) in [6, 6.07) is 0. The van der Waals surface area contributed by atoms with Gasteiger partial charge >= 0.3 is 5.97 Å². The molecule has 0 aromatic rings. The number of rotatable bonds is 5. The molecule has 0 aliphatic rings. The zero-order valence-electron chi connectivity index (χ0n) is 7.72. The fourth-order valence-corrected chi connectivity index (χ4v) is 0.600. The molecule has 0 saturated carbocycles. The van der Waals surface area contributed by atoms with E-state index in [1.165, 1.54) is 7.11 Å². The topological polar surface area (TPSA) is 47.6 Å². The number of methoxy groups -OCH3 is 1. The van der Waals surface area contributed by atoms with Crippen LogP contribution < -0.4 is 5.48 Å². The molecule has 4 heteroatoms. The molecule has 0 atom stereocenters. The van der Waals surface area contributed by atoms with Gasteiger partial charge in [-0.15, -0.1) is 0 Å². The number of hydroxylamine groups is 1. The third kappa shape index (κ3) is 4.87. The van der Waals surface area contributed by atoms with Gasteiger partial charge in [-0.05, 0) is 13.8 Å². The first-order valence-electron chi connectivity index (χ1n) is 3.82. The van der Waals surface area contributed by atoms with Crippen molar-refractivity contribution in [2.45, 2.75) is 13.8 Å². The Morgan fingerprint density at radius 2 is 2.25 bits per heavy atom. The van der Waals surface area contributed by atoms with Crippen LogP contribution in [0.4, 0.5) is 0 Å². The van der Waals surface area contributed by atoms with Crippen LogP contribution in [0.2, 0.25) is 0 Å². The standard InChI is InChI=1S/C8H15NO3/c1-4-12-9-6-5-7(2)8(10)11-3/h5,9H,4,6H2,1-3H3/b7-5-. The Bertz CT molecular complexity index is 166. The van der Waals surface area contributed by atoms with E-state index in [-0.39, 0.29) is 5.97 Å². The van der Waals surface area contributed by atoms with E-state index >= 15 is 0 Å². The lowest BCUT2D eigenvalue weighted by atomic mass is 10.3. The maximum atomic E-state index is 10.8. The lowest BCUT2D eigenvalue weighted by Gasteiger charge is -2.00. The lowest BCUT2D eigenvalue weighted by molar-refractivity contribution is -0.136. The molecule has 0 aromatic heterocycles. The van der Waals surface area contributed by atoms with Crippen molar-refractivity contribution in [2.75, 3.05) is 20.3 Å². The van der Waals surface area contributed by atoms with Gasteiger partial charge in [-0.2, -0.15) is 5.48 Å². The summed E-state index contributed by atoms with van der Waals surface area (Å²) in [5.41, 5.74) is 3.23. The summed E-state index contributed by atoms with van der Waals surface area (Å²) >= 11 is 0. The van der Waals surface area contributed by atoms with Gasteiger partial charge in [0.15, 0.2) is 0 Å². The van der Waals surface area contributed by atoms with Gasteiger partial charge in [-0.3, -0.25) is 0 Å². The highest BCUT2D eigenvalue weighted by Crippen LogP contribution is 1.93. The summed E-state index contributed by atoms with van der Waals surface area (Å²) in [5, 5.41) is 0. The number of nitrogens with one attached hydrogen (secondary N) is 1. The van der Waals surface area contributed by atoms with Crippen molar-refractivity contribution >= 4 is 5.97 Å². The fraction of sp³-hybridized carbons (Fsp3) is 0.625. The van der Waals surface area contributed by atoms with Crippen LogP contribution >= 0.6 is 0 Å². The van der Waals surface area contributed by atoms with Gasteiger partial charge in [-0.25, -0.2) is 4.79 Å². The minimum Gasteiger partial charge on any atom is -0.466 e. The van der Waals surface area contributed by atoms with E-state index in [0.717, 1.165) is 0 Å². The molecule has 0 unspecified atom stereocenters. The van der Waals surface area contributed by atoms with Crippen molar-refractivity contribution in [1.82, 2.24) is 5.48 Å². The molecule has 4 nitrogen and oxygen atoms in total. The Morgan fingerprint density at radius 3 is 2.75 bits per heavy atom. The van der Waals surface area contributed by atoms with E-state index < -0.39 is 0 Å². The summed E-state index contributed by atoms with van der Waals surface area (Å²) in [6.45, 7) is 4.68. The second kappa shape index (κ2) is 6.82. The van der Waals surface area contributed by atoms with Crippen LogP contribution in [0.5, 0.6) is 0 Å². The number of hydrogen-bond donors (Lipinski definition) is 1. The van der Waals surface area contributed by atoms with E-state index in [1.807, 2.05) is 6.92 Å². The summed E-state index contributed by atoms with van der Waals surface area (Å²) in [7, 11) is 1.36. The maximum absolute atomic E-state index is 10.8. The van der Waals surface area contributed by atoms with E-state index in [9.17, 15) is 4.79 Å². The van der Waals surface area contributed by atoms with Gasteiger partial charge in [-0.1, -0.05) is 6.08 Å². The highest BCUT2D eigenvalue weighted by atomic mass is 16.6. The Kier molecular flexibility index (Phi) is 6.32. The largest absolute Gasteiger partial charge is 0.466 e. The maximum Gasteiger partial charge on any atom is 0.333 e. The Hall–Kier alpha value is -0.870. The molecule has 0 heterocycles. The Balaban J connectivity index is 3.61. The molecule has 1 N–H and O–H groups in total. The quantitative estimate of drug-likeness (QED) is 0.287.